The molecule has 0 saturated heterocycles. The van der Waals surface area contributed by atoms with Crippen molar-refractivity contribution in [3.63, 3.8) is 0 Å². The fraction of sp³-hybridized carbons (Fsp3) is 0.714. The molecule has 0 unspecified atom stereocenters. The molecule has 0 atom stereocenters. The van der Waals surface area contributed by atoms with Crippen molar-refractivity contribution in [1.29, 1.82) is 0 Å². The number of hydrogen-bond acceptors (Lipinski definition) is 2. The summed E-state index contributed by atoms with van der Waals surface area (Å²) >= 11 is 2.29. The van der Waals surface area contributed by atoms with Crippen LogP contribution in [0.1, 0.15) is 64.7 Å². The van der Waals surface area contributed by atoms with Crippen molar-refractivity contribution in [2.75, 3.05) is 31.7 Å². The lowest BCUT2D eigenvalue weighted by Crippen LogP contribution is -2.12. The lowest BCUT2D eigenvalue weighted by molar-refractivity contribution is 0.346. The third-order valence-electron chi connectivity index (χ3n) is 3.80. The zero-order valence-electron chi connectivity index (χ0n) is 16.1. The van der Waals surface area contributed by atoms with Crippen LogP contribution in [0.4, 0.5) is 0 Å². The maximum atomic E-state index is 5.35. The molecule has 0 aliphatic carbocycles. The first kappa shape index (κ1) is 23.7. The van der Waals surface area contributed by atoms with Gasteiger partial charge in [-0.05, 0) is 39.2 Å². The molecule has 0 heterocycles. The van der Waals surface area contributed by atoms with Crippen LogP contribution in [-0.2, 0) is 0 Å². The number of ether oxygens (including phenoxy) is 1. The summed E-state index contributed by atoms with van der Waals surface area (Å²) in [6, 6.07) is 9.86. The van der Waals surface area contributed by atoms with Crippen molar-refractivity contribution in [2.24, 2.45) is 0 Å². The number of rotatable bonds is 13. The van der Waals surface area contributed by atoms with Crippen molar-refractivity contribution >= 4 is 22.6 Å². The standard InChI is InChI=1S/C13H29N.C8H9IO/c1-4-5-6-7-8-9-10-11-12-13-14(2)3;9-6-7-10-8-4-2-1-3-5-8/h4-13H2,1-3H3;1-5H,6-7H2. The fourth-order valence-electron chi connectivity index (χ4n) is 2.41. The number of halogens is 1. The molecular weight excluding hydrogens is 409 g/mol. The second-order valence-electron chi connectivity index (χ2n) is 6.48. The monoisotopic (exact) mass is 447 g/mol. The van der Waals surface area contributed by atoms with E-state index in [2.05, 4.69) is 48.5 Å². The first-order chi connectivity index (χ1) is 11.7. The van der Waals surface area contributed by atoms with E-state index in [1.54, 1.807) is 0 Å². The molecule has 2 nitrogen and oxygen atoms in total. The highest BCUT2D eigenvalue weighted by atomic mass is 127. The molecule has 0 bridgehead atoms. The molecule has 0 radical (unpaired) electrons. The van der Waals surface area contributed by atoms with E-state index in [0.717, 1.165) is 16.8 Å². The van der Waals surface area contributed by atoms with E-state index in [1.807, 2.05) is 30.3 Å². The number of benzene rings is 1. The van der Waals surface area contributed by atoms with E-state index in [9.17, 15) is 0 Å². The van der Waals surface area contributed by atoms with Crippen LogP contribution in [0, 0.1) is 0 Å². The van der Waals surface area contributed by atoms with Crippen molar-refractivity contribution in [3.8, 4) is 5.75 Å². The van der Waals surface area contributed by atoms with E-state index in [1.165, 1.54) is 64.3 Å². The van der Waals surface area contributed by atoms with Gasteiger partial charge in [-0.2, -0.15) is 0 Å². The van der Waals surface area contributed by atoms with E-state index < -0.39 is 0 Å². The Balaban J connectivity index is 0.000000463. The Morgan fingerprint density at radius 1 is 0.833 bits per heavy atom. The van der Waals surface area contributed by atoms with E-state index >= 15 is 0 Å². The Morgan fingerprint density at radius 3 is 1.88 bits per heavy atom. The number of para-hydroxylation sites is 1. The summed E-state index contributed by atoms with van der Waals surface area (Å²) in [5, 5.41) is 0. The van der Waals surface area contributed by atoms with Crippen LogP contribution in [-0.4, -0.2) is 36.6 Å². The molecule has 1 aromatic carbocycles. The largest absolute Gasteiger partial charge is 0.493 e. The summed E-state index contributed by atoms with van der Waals surface area (Å²) in [5.41, 5.74) is 0. The van der Waals surface area contributed by atoms with Gasteiger partial charge in [-0.15, -0.1) is 0 Å². The summed E-state index contributed by atoms with van der Waals surface area (Å²) in [5.74, 6) is 0.958. The Bertz CT molecular complexity index is 343. The molecule has 0 saturated carbocycles. The predicted molar refractivity (Wildman–Crippen MR) is 117 cm³/mol. The number of alkyl halides is 1. The van der Waals surface area contributed by atoms with E-state index in [4.69, 9.17) is 4.74 Å². The highest BCUT2D eigenvalue weighted by molar-refractivity contribution is 14.1. The molecule has 0 spiro atoms. The molecule has 1 aromatic rings. The molecule has 24 heavy (non-hydrogen) atoms. The molecule has 140 valence electrons. The Morgan fingerprint density at radius 2 is 1.38 bits per heavy atom. The van der Waals surface area contributed by atoms with Gasteiger partial charge < -0.3 is 9.64 Å². The Kier molecular flexibility index (Phi) is 18.8. The first-order valence-electron chi connectivity index (χ1n) is 9.59. The van der Waals surface area contributed by atoms with Crippen LogP contribution in [0.15, 0.2) is 30.3 Å². The zero-order valence-corrected chi connectivity index (χ0v) is 18.3. The van der Waals surface area contributed by atoms with Crippen LogP contribution in [0.25, 0.3) is 0 Å². The molecule has 3 heteroatoms. The lowest BCUT2D eigenvalue weighted by Gasteiger charge is -2.08. The Hall–Kier alpha value is -0.290. The molecule has 0 aliphatic rings. The van der Waals surface area contributed by atoms with Gasteiger partial charge in [0.05, 0.1) is 6.61 Å². The smallest absolute Gasteiger partial charge is 0.119 e. The van der Waals surface area contributed by atoms with Gasteiger partial charge in [0, 0.05) is 4.43 Å². The normalized spacial score (nSPS) is 10.4. The summed E-state index contributed by atoms with van der Waals surface area (Å²) in [6.45, 7) is 4.33. The maximum absolute atomic E-state index is 5.35. The van der Waals surface area contributed by atoms with E-state index in [0.29, 0.717) is 0 Å². The minimum absolute atomic E-state index is 0.796. The topological polar surface area (TPSA) is 12.5 Å². The van der Waals surface area contributed by atoms with Crippen LogP contribution in [0.3, 0.4) is 0 Å². The molecule has 0 N–H and O–H groups in total. The summed E-state index contributed by atoms with van der Waals surface area (Å²) in [6.07, 6.45) is 12.9. The van der Waals surface area contributed by atoms with Gasteiger partial charge in [-0.3, -0.25) is 0 Å². The molecule has 0 aromatic heterocycles. The van der Waals surface area contributed by atoms with E-state index in [-0.39, 0.29) is 0 Å². The second kappa shape index (κ2) is 19.0. The lowest BCUT2D eigenvalue weighted by atomic mass is 10.1. The van der Waals surface area contributed by atoms with Crippen molar-refractivity contribution < 1.29 is 4.74 Å². The minimum atomic E-state index is 0.796. The quantitative estimate of drug-likeness (QED) is 0.192. The van der Waals surface area contributed by atoms with Gasteiger partial charge in [-0.25, -0.2) is 0 Å². The van der Waals surface area contributed by atoms with Crippen molar-refractivity contribution in [1.82, 2.24) is 4.90 Å². The highest BCUT2D eigenvalue weighted by Gasteiger charge is 1.93. The van der Waals surface area contributed by atoms with Gasteiger partial charge in [0.1, 0.15) is 5.75 Å². The SMILES string of the molecule is CCCCCCCCCCCN(C)C.ICCOc1ccccc1. The molecule has 0 aliphatic heterocycles. The zero-order chi connectivity index (χ0) is 17.9. The van der Waals surface area contributed by atoms with Crippen LogP contribution in [0.2, 0.25) is 0 Å². The Labute approximate surface area is 164 Å². The highest BCUT2D eigenvalue weighted by Crippen LogP contribution is 2.09. The maximum Gasteiger partial charge on any atom is 0.119 e. The summed E-state index contributed by atoms with van der Waals surface area (Å²) < 4.78 is 6.38. The molecule has 1 rings (SSSR count). The molecule has 0 amide bonds. The second-order valence-corrected chi connectivity index (χ2v) is 7.56. The fourth-order valence-corrected chi connectivity index (χ4v) is 2.63. The molecular formula is C21H38INO. The third kappa shape index (κ3) is 18.1. The van der Waals surface area contributed by atoms with Gasteiger partial charge in [-0.1, -0.05) is 99.1 Å². The first-order valence-corrected chi connectivity index (χ1v) is 11.1. The van der Waals surface area contributed by atoms with Crippen LogP contribution in [0.5, 0.6) is 5.75 Å². The van der Waals surface area contributed by atoms with Gasteiger partial charge >= 0.3 is 0 Å². The summed E-state index contributed by atoms with van der Waals surface area (Å²) in [7, 11) is 4.31. The molecule has 0 fully saturated rings. The third-order valence-corrected chi connectivity index (χ3v) is 4.24. The van der Waals surface area contributed by atoms with Crippen molar-refractivity contribution in [3.05, 3.63) is 30.3 Å². The summed E-state index contributed by atoms with van der Waals surface area (Å²) in [4.78, 5) is 2.28. The van der Waals surface area contributed by atoms with Crippen LogP contribution < -0.4 is 4.74 Å². The average Bonchev–Trinajstić information content (AvgIpc) is 2.60. The van der Waals surface area contributed by atoms with Crippen molar-refractivity contribution in [2.45, 2.75) is 64.7 Å². The van der Waals surface area contributed by atoms with Gasteiger partial charge in [0.2, 0.25) is 0 Å². The van der Waals surface area contributed by atoms with Gasteiger partial charge in [0.15, 0.2) is 0 Å². The minimum Gasteiger partial charge on any atom is -0.493 e. The number of unbranched alkanes of at least 4 members (excludes halogenated alkanes) is 8. The van der Waals surface area contributed by atoms with Crippen LogP contribution >= 0.6 is 22.6 Å². The van der Waals surface area contributed by atoms with Gasteiger partial charge in [0.25, 0.3) is 0 Å². The number of hydrogen-bond donors (Lipinski definition) is 0. The number of nitrogens with zero attached hydrogens (tertiary/aromatic N) is 1. The predicted octanol–water partition coefficient (Wildman–Crippen LogP) is 6.58. The average molecular weight is 447 g/mol.